The number of nitrogens with zero attached hydrogens (tertiary/aromatic N) is 1. The van der Waals surface area contributed by atoms with E-state index in [1.807, 2.05) is 18.2 Å². The number of carbonyl (C=O) groups excluding carboxylic acids is 1. The summed E-state index contributed by atoms with van der Waals surface area (Å²) in [7, 11) is 1.66. The Morgan fingerprint density at radius 3 is 3.10 bits per heavy atom. The number of methoxy groups -OCH3 is 1. The van der Waals surface area contributed by atoms with Crippen LogP contribution in [0.3, 0.4) is 0 Å². The average Bonchev–Trinajstić information content (AvgIpc) is 3.00. The van der Waals surface area contributed by atoms with Crippen molar-refractivity contribution < 1.29 is 14.6 Å². The maximum Gasteiger partial charge on any atom is 0.317 e. The number of carbonyl (C=O) groups is 1. The van der Waals surface area contributed by atoms with E-state index < -0.39 is 0 Å². The van der Waals surface area contributed by atoms with Gasteiger partial charge >= 0.3 is 6.03 Å². The molecule has 1 unspecified atom stereocenters. The van der Waals surface area contributed by atoms with E-state index in [4.69, 9.17) is 9.84 Å². The van der Waals surface area contributed by atoms with Crippen LogP contribution < -0.4 is 10.1 Å². The molecule has 2 rings (SSSR count). The number of urea groups is 1. The zero-order chi connectivity index (χ0) is 15.1. The summed E-state index contributed by atoms with van der Waals surface area (Å²) in [4.78, 5) is 13.7. The summed E-state index contributed by atoms with van der Waals surface area (Å²) in [5, 5.41) is 12.0. The molecule has 0 saturated carbocycles. The molecule has 1 fully saturated rings. The number of rotatable bonds is 6. The van der Waals surface area contributed by atoms with E-state index in [-0.39, 0.29) is 18.6 Å². The molecule has 2 amide bonds. The Morgan fingerprint density at radius 1 is 1.52 bits per heavy atom. The number of hydrogen-bond acceptors (Lipinski definition) is 3. The van der Waals surface area contributed by atoms with Gasteiger partial charge in [-0.3, -0.25) is 0 Å². The lowest BCUT2D eigenvalue weighted by molar-refractivity contribution is 0.198. The number of likely N-dealkylation sites (tertiary alicyclic amines) is 1. The molecule has 0 aliphatic carbocycles. The molecular weight excluding hydrogens is 268 g/mol. The first-order chi connectivity index (χ1) is 10.2. The summed E-state index contributed by atoms with van der Waals surface area (Å²) in [6, 6.07) is 7.98. The zero-order valence-corrected chi connectivity index (χ0v) is 12.5. The molecular formula is C16H24N2O3. The Balaban J connectivity index is 1.66. The third kappa shape index (κ3) is 4.63. The normalized spacial score (nSPS) is 17.8. The molecule has 1 aliphatic rings. The minimum absolute atomic E-state index is 0.0170. The fourth-order valence-corrected chi connectivity index (χ4v) is 2.59. The molecule has 1 aromatic carbocycles. The van der Waals surface area contributed by atoms with Crippen molar-refractivity contribution in [2.75, 3.05) is 33.4 Å². The molecule has 1 atom stereocenters. The summed E-state index contributed by atoms with van der Waals surface area (Å²) in [6.07, 6.45) is 2.71. The number of benzene rings is 1. The van der Waals surface area contributed by atoms with E-state index in [1.165, 1.54) is 5.56 Å². The summed E-state index contributed by atoms with van der Waals surface area (Å²) < 4.78 is 5.19. The van der Waals surface area contributed by atoms with E-state index in [1.54, 1.807) is 12.0 Å². The molecule has 21 heavy (non-hydrogen) atoms. The van der Waals surface area contributed by atoms with Crippen molar-refractivity contribution >= 4 is 6.03 Å². The van der Waals surface area contributed by atoms with Crippen LogP contribution in [-0.2, 0) is 6.42 Å². The molecule has 1 saturated heterocycles. The quantitative estimate of drug-likeness (QED) is 0.784. The molecule has 0 spiro atoms. The van der Waals surface area contributed by atoms with Gasteiger partial charge in [-0.2, -0.15) is 0 Å². The number of aliphatic hydroxyl groups excluding tert-OH is 1. The minimum atomic E-state index is -0.0170. The van der Waals surface area contributed by atoms with Crippen LogP contribution in [-0.4, -0.2) is 49.4 Å². The van der Waals surface area contributed by atoms with Crippen molar-refractivity contribution in [3.63, 3.8) is 0 Å². The lowest BCUT2D eigenvalue weighted by atomic mass is 10.1. The Labute approximate surface area is 125 Å². The van der Waals surface area contributed by atoms with Gasteiger partial charge in [-0.25, -0.2) is 4.79 Å². The third-order valence-corrected chi connectivity index (χ3v) is 3.88. The summed E-state index contributed by atoms with van der Waals surface area (Å²) in [5.74, 6) is 1.11. The second-order valence-electron chi connectivity index (χ2n) is 5.47. The van der Waals surface area contributed by atoms with Crippen LogP contribution in [0.5, 0.6) is 5.75 Å². The topological polar surface area (TPSA) is 61.8 Å². The lowest BCUT2D eigenvalue weighted by Crippen LogP contribution is -2.39. The highest BCUT2D eigenvalue weighted by Gasteiger charge is 2.25. The van der Waals surface area contributed by atoms with Gasteiger partial charge in [-0.05, 0) is 37.0 Å². The van der Waals surface area contributed by atoms with Crippen LogP contribution in [0.4, 0.5) is 4.79 Å². The van der Waals surface area contributed by atoms with Gasteiger partial charge < -0.3 is 20.1 Å². The summed E-state index contributed by atoms with van der Waals surface area (Å²) in [5.41, 5.74) is 1.21. The van der Waals surface area contributed by atoms with Gasteiger partial charge in [-0.15, -0.1) is 0 Å². The molecule has 0 aromatic heterocycles. The Bertz CT molecular complexity index is 465. The number of hydrogen-bond donors (Lipinski definition) is 2. The molecule has 116 valence electrons. The molecule has 0 radical (unpaired) electrons. The molecule has 5 heteroatoms. The highest BCUT2D eigenvalue weighted by atomic mass is 16.5. The van der Waals surface area contributed by atoms with Crippen LogP contribution in [0.2, 0.25) is 0 Å². The lowest BCUT2D eigenvalue weighted by Gasteiger charge is -2.17. The smallest absolute Gasteiger partial charge is 0.317 e. The molecule has 1 aliphatic heterocycles. The maximum absolute atomic E-state index is 11.9. The fourth-order valence-electron chi connectivity index (χ4n) is 2.59. The summed E-state index contributed by atoms with van der Waals surface area (Å²) in [6.45, 7) is 2.24. The molecule has 2 N–H and O–H groups in total. The first kappa shape index (κ1) is 15.6. The van der Waals surface area contributed by atoms with E-state index in [9.17, 15) is 4.79 Å². The highest BCUT2D eigenvalue weighted by molar-refractivity contribution is 5.74. The van der Waals surface area contributed by atoms with Crippen LogP contribution in [0.25, 0.3) is 0 Å². The second-order valence-corrected chi connectivity index (χ2v) is 5.47. The molecule has 1 aromatic rings. The predicted molar refractivity (Wildman–Crippen MR) is 81.5 cm³/mol. The van der Waals surface area contributed by atoms with E-state index in [0.29, 0.717) is 13.1 Å². The van der Waals surface area contributed by atoms with E-state index in [0.717, 1.165) is 31.6 Å². The monoisotopic (exact) mass is 292 g/mol. The van der Waals surface area contributed by atoms with Crippen molar-refractivity contribution in [3.8, 4) is 5.75 Å². The fraction of sp³-hybridized carbons (Fsp3) is 0.562. The minimum Gasteiger partial charge on any atom is -0.497 e. The third-order valence-electron chi connectivity index (χ3n) is 3.88. The first-order valence-corrected chi connectivity index (χ1v) is 7.49. The van der Waals surface area contributed by atoms with Crippen molar-refractivity contribution in [3.05, 3.63) is 29.8 Å². The number of ether oxygens (including phenoxy) is 1. The van der Waals surface area contributed by atoms with Gasteiger partial charge in [0.25, 0.3) is 0 Å². The van der Waals surface area contributed by atoms with Gasteiger partial charge in [0, 0.05) is 32.2 Å². The van der Waals surface area contributed by atoms with Crippen LogP contribution in [0.1, 0.15) is 18.4 Å². The standard InChI is InChI=1S/C16H24N2O3/c1-21-15-6-2-4-13(10-15)5-3-8-17-16(20)18-9-7-14(11-18)12-19/h2,4,6,10,14,19H,3,5,7-9,11-12H2,1H3,(H,17,20). The van der Waals surface area contributed by atoms with E-state index >= 15 is 0 Å². The number of amides is 2. The number of nitrogens with one attached hydrogen (secondary N) is 1. The number of aliphatic hydroxyl groups is 1. The van der Waals surface area contributed by atoms with Gasteiger partial charge in [0.05, 0.1) is 7.11 Å². The van der Waals surface area contributed by atoms with Gasteiger partial charge in [0.1, 0.15) is 5.75 Å². The first-order valence-electron chi connectivity index (χ1n) is 7.49. The van der Waals surface area contributed by atoms with Crippen LogP contribution in [0, 0.1) is 5.92 Å². The maximum atomic E-state index is 11.9. The molecule has 1 heterocycles. The van der Waals surface area contributed by atoms with Gasteiger partial charge in [-0.1, -0.05) is 12.1 Å². The van der Waals surface area contributed by atoms with Gasteiger partial charge in [0.2, 0.25) is 0 Å². The van der Waals surface area contributed by atoms with Crippen LogP contribution in [0.15, 0.2) is 24.3 Å². The predicted octanol–water partition coefficient (Wildman–Crippen LogP) is 1.65. The van der Waals surface area contributed by atoms with Crippen LogP contribution >= 0.6 is 0 Å². The highest BCUT2D eigenvalue weighted by Crippen LogP contribution is 2.15. The Morgan fingerprint density at radius 2 is 2.38 bits per heavy atom. The molecule has 5 nitrogen and oxygen atoms in total. The summed E-state index contributed by atoms with van der Waals surface area (Å²) >= 11 is 0. The zero-order valence-electron chi connectivity index (χ0n) is 12.5. The van der Waals surface area contributed by atoms with Gasteiger partial charge in [0.15, 0.2) is 0 Å². The number of aryl methyl sites for hydroxylation is 1. The largest absolute Gasteiger partial charge is 0.497 e. The van der Waals surface area contributed by atoms with Crippen molar-refractivity contribution in [2.24, 2.45) is 5.92 Å². The van der Waals surface area contributed by atoms with Crippen molar-refractivity contribution in [1.82, 2.24) is 10.2 Å². The van der Waals surface area contributed by atoms with Crippen molar-refractivity contribution in [2.45, 2.75) is 19.3 Å². The SMILES string of the molecule is COc1cccc(CCCNC(=O)N2CCC(CO)C2)c1. The molecule has 0 bridgehead atoms. The Hall–Kier alpha value is -1.75. The second kappa shape index (κ2) is 7.88. The van der Waals surface area contributed by atoms with E-state index in [2.05, 4.69) is 11.4 Å². The Kier molecular flexibility index (Phi) is 5.87. The average molecular weight is 292 g/mol. The van der Waals surface area contributed by atoms with Crippen molar-refractivity contribution in [1.29, 1.82) is 0 Å².